The third-order valence-corrected chi connectivity index (χ3v) is 2.89. The number of nitrogen functional groups attached to an aromatic ring is 1. The van der Waals surface area contributed by atoms with Crippen LogP contribution < -0.4 is 11.1 Å². The molecule has 0 aliphatic rings. The molecule has 98 valence electrons. The summed E-state index contributed by atoms with van der Waals surface area (Å²) in [5, 5.41) is 2.70. The van der Waals surface area contributed by atoms with Crippen LogP contribution in [0.1, 0.15) is 11.1 Å². The highest BCUT2D eigenvalue weighted by molar-refractivity contribution is 5.92. The Morgan fingerprint density at radius 2 is 2.00 bits per heavy atom. The van der Waals surface area contributed by atoms with Gasteiger partial charge in [0.15, 0.2) is 0 Å². The Bertz CT molecular complexity index is 611. The van der Waals surface area contributed by atoms with Crippen molar-refractivity contribution in [3.63, 3.8) is 0 Å². The number of aryl methyl sites for hydroxylation is 1. The molecule has 2 rings (SSSR count). The van der Waals surface area contributed by atoms with Crippen molar-refractivity contribution in [2.75, 3.05) is 11.1 Å². The van der Waals surface area contributed by atoms with Gasteiger partial charge in [-0.15, -0.1) is 0 Å². The number of halogens is 1. The minimum Gasteiger partial charge on any atom is -0.396 e. The largest absolute Gasteiger partial charge is 0.396 e. The zero-order valence-electron chi connectivity index (χ0n) is 10.6. The summed E-state index contributed by atoms with van der Waals surface area (Å²) < 4.78 is 13.0. The Labute approximate surface area is 111 Å². The Hall–Kier alpha value is -2.36. The van der Waals surface area contributed by atoms with Crippen LogP contribution >= 0.6 is 0 Å². The average Bonchev–Trinajstić information content (AvgIpc) is 2.37. The molecule has 19 heavy (non-hydrogen) atoms. The van der Waals surface area contributed by atoms with Gasteiger partial charge in [-0.3, -0.25) is 4.79 Å². The zero-order chi connectivity index (χ0) is 13.8. The summed E-state index contributed by atoms with van der Waals surface area (Å²) in [6, 6.07) is 11.8. The first-order valence-electron chi connectivity index (χ1n) is 5.95. The van der Waals surface area contributed by atoms with Gasteiger partial charge in [-0.2, -0.15) is 0 Å². The average molecular weight is 258 g/mol. The molecule has 0 saturated carbocycles. The molecule has 0 saturated heterocycles. The van der Waals surface area contributed by atoms with Gasteiger partial charge in [0.05, 0.1) is 12.1 Å². The van der Waals surface area contributed by atoms with Crippen molar-refractivity contribution in [3.05, 3.63) is 59.4 Å². The lowest BCUT2D eigenvalue weighted by atomic mass is 10.1. The third-order valence-electron chi connectivity index (χ3n) is 2.89. The van der Waals surface area contributed by atoms with E-state index in [2.05, 4.69) is 5.32 Å². The van der Waals surface area contributed by atoms with Gasteiger partial charge in [0.25, 0.3) is 0 Å². The fraction of sp³-hybridized carbons (Fsp3) is 0.133. The predicted octanol–water partition coefficient (Wildman–Crippen LogP) is 2.90. The predicted molar refractivity (Wildman–Crippen MR) is 74.3 cm³/mol. The van der Waals surface area contributed by atoms with Crippen LogP contribution in [0.3, 0.4) is 0 Å². The minimum absolute atomic E-state index is 0.0219. The topological polar surface area (TPSA) is 55.1 Å². The summed E-state index contributed by atoms with van der Waals surface area (Å²) in [5.41, 5.74) is 8.00. The molecule has 2 aromatic rings. The maximum absolute atomic E-state index is 13.0. The summed E-state index contributed by atoms with van der Waals surface area (Å²) in [7, 11) is 0. The molecule has 1 amide bonds. The van der Waals surface area contributed by atoms with Crippen LogP contribution in [0, 0.1) is 12.7 Å². The summed E-state index contributed by atoms with van der Waals surface area (Å²) >= 11 is 0. The van der Waals surface area contributed by atoms with E-state index in [1.807, 2.05) is 31.2 Å². The highest BCUT2D eigenvalue weighted by Gasteiger charge is 2.07. The monoisotopic (exact) mass is 258 g/mol. The summed E-state index contributed by atoms with van der Waals surface area (Å²) in [6.45, 7) is 1.96. The number of anilines is 2. The van der Waals surface area contributed by atoms with E-state index < -0.39 is 5.82 Å². The van der Waals surface area contributed by atoms with E-state index >= 15 is 0 Å². The van der Waals surface area contributed by atoms with E-state index in [9.17, 15) is 9.18 Å². The van der Waals surface area contributed by atoms with Crippen molar-refractivity contribution >= 4 is 17.3 Å². The normalized spacial score (nSPS) is 10.2. The molecule has 3 N–H and O–H groups in total. The molecule has 0 fully saturated rings. The maximum atomic E-state index is 13.0. The zero-order valence-corrected chi connectivity index (χ0v) is 10.6. The number of hydrogen-bond donors (Lipinski definition) is 2. The SMILES string of the molecule is Cc1ccccc1CC(=O)Nc1ccc(F)c(N)c1. The first-order chi connectivity index (χ1) is 9.06. The summed E-state index contributed by atoms with van der Waals surface area (Å²) in [5.74, 6) is -0.641. The highest BCUT2D eigenvalue weighted by Crippen LogP contribution is 2.17. The van der Waals surface area contributed by atoms with Crippen LogP contribution in [0.25, 0.3) is 0 Å². The molecule has 0 aromatic heterocycles. The Balaban J connectivity index is 2.05. The lowest BCUT2D eigenvalue weighted by Crippen LogP contribution is -2.15. The molecule has 0 radical (unpaired) electrons. The van der Waals surface area contributed by atoms with Crippen LogP contribution in [0.15, 0.2) is 42.5 Å². The van der Waals surface area contributed by atoms with Crippen molar-refractivity contribution in [2.24, 2.45) is 0 Å². The smallest absolute Gasteiger partial charge is 0.228 e. The van der Waals surface area contributed by atoms with Gasteiger partial charge >= 0.3 is 0 Å². The molecule has 3 nitrogen and oxygen atoms in total. The van der Waals surface area contributed by atoms with Gasteiger partial charge in [-0.1, -0.05) is 24.3 Å². The molecular formula is C15H15FN2O. The third kappa shape index (κ3) is 3.31. The first kappa shape index (κ1) is 13.1. The fourth-order valence-corrected chi connectivity index (χ4v) is 1.81. The van der Waals surface area contributed by atoms with E-state index in [-0.39, 0.29) is 18.0 Å². The Morgan fingerprint density at radius 3 is 2.68 bits per heavy atom. The molecule has 0 unspecified atom stereocenters. The lowest BCUT2D eigenvalue weighted by Gasteiger charge is -2.08. The molecule has 0 spiro atoms. The lowest BCUT2D eigenvalue weighted by molar-refractivity contribution is -0.115. The second-order valence-corrected chi connectivity index (χ2v) is 4.39. The van der Waals surface area contributed by atoms with E-state index in [0.717, 1.165) is 11.1 Å². The first-order valence-corrected chi connectivity index (χ1v) is 5.95. The fourth-order valence-electron chi connectivity index (χ4n) is 1.81. The van der Waals surface area contributed by atoms with Gasteiger partial charge in [0, 0.05) is 5.69 Å². The number of nitrogens with two attached hydrogens (primary N) is 1. The van der Waals surface area contributed by atoms with Gasteiger partial charge in [-0.05, 0) is 36.2 Å². The van der Waals surface area contributed by atoms with Gasteiger partial charge in [-0.25, -0.2) is 4.39 Å². The Kier molecular flexibility index (Phi) is 3.80. The van der Waals surface area contributed by atoms with Crippen LogP contribution in [-0.2, 0) is 11.2 Å². The number of amides is 1. The van der Waals surface area contributed by atoms with E-state index in [1.54, 1.807) is 0 Å². The minimum atomic E-state index is -0.489. The quantitative estimate of drug-likeness (QED) is 0.832. The van der Waals surface area contributed by atoms with Crippen molar-refractivity contribution < 1.29 is 9.18 Å². The van der Waals surface area contributed by atoms with Gasteiger partial charge in [0.1, 0.15) is 5.82 Å². The van der Waals surface area contributed by atoms with Gasteiger partial charge in [0.2, 0.25) is 5.91 Å². The summed E-state index contributed by atoms with van der Waals surface area (Å²) in [4.78, 5) is 11.9. The summed E-state index contributed by atoms with van der Waals surface area (Å²) in [6.07, 6.45) is 0.282. The molecule has 0 heterocycles. The second-order valence-electron chi connectivity index (χ2n) is 4.39. The number of rotatable bonds is 3. The van der Waals surface area contributed by atoms with E-state index in [1.165, 1.54) is 18.2 Å². The van der Waals surface area contributed by atoms with Crippen molar-refractivity contribution in [3.8, 4) is 0 Å². The highest BCUT2D eigenvalue weighted by atomic mass is 19.1. The van der Waals surface area contributed by atoms with Crippen LogP contribution in [0.5, 0.6) is 0 Å². The Morgan fingerprint density at radius 1 is 1.26 bits per heavy atom. The number of nitrogens with one attached hydrogen (secondary N) is 1. The van der Waals surface area contributed by atoms with Crippen molar-refractivity contribution in [1.29, 1.82) is 0 Å². The molecular weight excluding hydrogens is 243 g/mol. The molecule has 0 bridgehead atoms. The van der Waals surface area contributed by atoms with Crippen molar-refractivity contribution in [1.82, 2.24) is 0 Å². The van der Waals surface area contributed by atoms with E-state index in [4.69, 9.17) is 5.73 Å². The number of benzene rings is 2. The molecule has 0 aliphatic carbocycles. The number of hydrogen-bond acceptors (Lipinski definition) is 2. The van der Waals surface area contributed by atoms with E-state index in [0.29, 0.717) is 5.69 Å². The van der Waals surface area contributed by atoms with Gasteiger partial charge < -0.3 is 11.1 Å². The van der Waals surface area contributed by atoms with Crippen LogP contribution in [-0.4, -0.2) is 5.91 Å². The molecule has 4 heteroatoms. The molecule has 2 aromatic carbocycles. The van der Waals surface area contributed by atoms with Crippen molar-refractivity contribution in [2.45, 2.75) is 13.3 Å². The number of carbonyl (C=O) groups excluding carboxylic acids is 1. The molecule has 0 atom stereocenters. The van der Waals surface area contributed by atoms with Crippen LogP contribution in [0.2, 0.25) is 0 Å². The standard InChI is InChI=1S/C15H15FN2O/c1-10-4-2-3-5-11(10)8-15(19)18-12-6-7-13(16)14(17)9-12/h2-7,9H,8,17H2,1H3,(H,18,19). The maximum Gasteiger partial charge on any atom is 0.228 e. The van der Waals surface area contributed by atoms with Crippen LogP contribution in [0.4, 0.5) is 15.8 Å². The molecule has 0 aliphatic heterocycles. The second kappa shape index (κ2) is 5.52. The number of carbonyl (C=O) groups is 1.